The number of nitrogens with zero attached hydrogens (tertiary/aromatic N) is 7. The van der Waals surface area contributed by atoms with Crippen LogP contribution in [0.3, 0.4) is 0 Å². The molecule has 1 aliphatic rings. The maximum Gasteiger partial charge on any atom is 0.224 e. The molecule has 0 fully saturated rings. The Morgan fingerprint density at radius 2 is 2.00 bits per heavy atom. The zero-order chi connectivity index (χ0) is 24.7. The van der Waals surface area contributed by atoms with Crippen LogP contribution in [0.1, 0.15) is 19.4 Å². The van der Waals surface area contributed by atoms with Crippen LogP contribution in [0.2, 0.25) is 0 Å². The first-order valence-corrected chi connectivity index (χ1v) is 11.3. The summed E-state index contributed by atoms with van der Waals surface area (Å²) in [6.45, 7) is 4.65. The van der Waals surface area contributed by atoms with Gasteiger partial charge in [-0.1, -0.05) is 6.07 Å². The smallest absolute Gasteiger partial charge is 0.224 e. The van der Waals surface area contributed by atoms with E-state index in [1.54, 1.807) is 16.5 Å². The van der Waals surface area contributed by atoms with Crippen molar-refractivity contribution in [2.75, 3.05) is 11.9 Å². The number of nitrogens with one attached hydrogen (secondary N) is 1. The predicted octanol–water partition coefficient (Wildman–Crippen LogP) is 4.49. The zero-order valence-electron chi connectivity index (χ0n) is 19.5. The first kappa shape index (κ1) is 21.8. The summed E-state index contributed by atoms with van der Waals surface area (Å²) < 4.78 is 27.8. The first-order chi connectivity index (χ1) is 17.4. The standard InChI is InChI=1S/C25H21FN8O2/c1-25(2)11-35-23(32-25)8-15-3-5-19-17(7-15)24(28-12-27-19)31-16-4-6-20(18(26)9-16)36-22-10-21-33-30-14-34(21)13-29-22/h3-7,9-10,12-14H,8,11H2,1-2H3,(H,27,28,31). The van der Waals surface area contributed by atoms with E-state index in [9.17, 15) is 4.39 Å². The van der Waals surface area contributed by atoms with Gasteiger partial charge in [0.15, 0.2) is 23.1 Å². The molecule has 0 radical (unpaired) electrons. The van der Waals surface area contributed by atoms with Gasteiger partial charge in [0, 0.05) is 29.6 Å². The minimum Gasteiger partial charge on any atom is -0.478 e. The van der Waals surface area contributed by atoms with Gasteiger partial charge in [-0.3, -0.25) is 4.40 Å². The van der Waals surface area contributed by atoms with E-state index in [4.69, 9.17) is 9.47 Å². The lowest BCUT2D eigenvalue weighted by molar-refractivity contribution is 0.275. The maximum atomic E-state index is 14.9. The maximum absolute atomic E-state index is 14.9. The molecule has 2 aromatic carbocycles. The molecule has 1 N–H and O–H groups in total. The summed E-state index contributed by atoms with van der Waals surface area (Å²) in [5, 5.41) is 11.7. The third-order valence-corrected chi connectivity index (χ3v) is 5.65. The Morgan fingerprint density at radius 3 is 2.83 bits per heavy atom. The lowest BCUT2D eigenvalue weighted by atomic mass is 10.1. The Bertz CT molecular complexity index is 1630. The lowest BCUT2D eigenvalue weighted by Gasteiger charge is -2.11. The van der Waals surface area contributed by atoms with Crippen molar-refractivity contribution in [2.24, 2.45) is 4.99 Å². The van der Waals surface area contributed by atoms with Crippen LogP contribution >= 0.6 is 0 Å². The molecule has 3 aromatic heterocycles. The number of hydrogen-bond donors (Lipinski definition) is 1. The number of halogens is 1. The summed E-state index contributed by atoms with van der Waals surface area (Å²) in [4.78, 5) is 17.5. The molecule has 0 bridgehead atoms. The topological polar surface area (TPSA) is 112 Å². The number of benzene rings is 2. The highest BCUT2D eigenvalue weighted by atomic mass is 19.1. The average Bonchev–Trinajstić information content (AvgIpc) is 3.46. The fraction of sp³-hybridized carbons (Fsp3) is 0.200. The second kappa shape index (κ2) is 8.52. The van der Waals surface area contributed by atoms with E-state index in [-0.39, 0.29) is 17.2 Å². The molecule has 5 aromatic rings. The van der Waals surface area contributed by atoms with Gasteiger partial charge >= 0.3 is 0 Å². The normalized spacial score (nSPS) is 14.6. The molecule has 6 rings (SSSR count). The molecule has 0 aliphatic carbocycles. The molecule has 0 saturated heterocycles. The van der Waals surface area contributed by atoms with Crippen molar-refractivity contribution in [1.29, 1.82) is 0 Å². The third kappa shape index (κ3) is 4.38. The van der Waals surface area contributed by atoms with Crippen LogP contribution in [-0.2, 0) is 11.2 Å². The number of aliphatic imine (C=N–C) groups is 1. The predicted molar refractivity (Wildman–Crippen MR) is 131 cm³/mol. The van der Waals surface area contributed by atoms with Gasteiger partial charge in [0.1, 0.15) is 31.4 Å². The van der Waals surface area contributed by atoms with Crippen LogP contribution in [-0.4, -0.2) is 47.6 Å². The molecule has 11 heteroatoms. The van der Waals surface area contributed by atoms with E-state index >= 15 is 0 Å². The summed E-state index contributed by atoms with van der Waals surface area (Å²) in [6, 6.07) is 12.1. The Labute approximate surface area is 204 Å². The van der Waals surface area contributed by atoms with E-state index in [1.165, 1.54) is 31.1 Å². The monoisotopic (exact) mass is 484 g/mol. The van der Waals surface area contributed by atoms with Gasteiger partial charge in [-0.2, -0.15) is 0 Å². The van der Waals surface area contributed by atoms with Crippen molar-refractivity contribution in [2.45, 2.75) is 25.8 Å². The van der Waals surface area contributed by atoms with E-state index in [1.807, 2.05) is 32.0 Å². The van der Waals surface area contributed by atoms with E-state index < -0.39 is 5.82 Å². The highest BCUT2D eigenvalue weighted by molar-refractivity contribution is 5.92. The van der Waals surface area contributed by atoms with E-state index in [0.29, 0.717) is 36.1 Å². The molecule has 0 amide bonds. The van der Waals surface area contributed by atoms with E-state index in [0.717, 1.165) is 16.5 Å². The Kier molecular flexibility index (Phi) is 5.17. The van der Waals surface area contributed by atoms with Crippen LogP contribution in [0.15, 0.2) is 66.4 Å². The Hall–Kier alpha value is -4.67. The summed E-state index contributed by atoms with van der Waals surface area (Å²) >= 11 is 0. The van der Waals surface area contributed by atoms with Gasteiger partial charge < -0.3 is 14.8 Å². The quantitative estimate of drug-likeness (QED) is 0.375. The Balaban J connectivity index is 1.23. The first-order valence-electron chi connectivity index (χ1n) is 11.3. The summed E-state index contributed by atoms with van der Waals surface area (Å²) in [7, 11) is 0. The van der Waals surface area contributed by atoms with Crippen LogP contribution in [0.4, 0.5) is 15.9 Å². The minimum absolute atomic E-state index is 0.0343. The SMILES string of the molecule is CC1(C)COC(Cc2ccc3ncnc(Nc4ccc(Oc5cc6nncn6cn5)c(F)c4)c3c2)=N1. The van der Waals surface area contributed by atoms with Crippen molar-refractivity contribution in [3.63, 3.8) is 0 Å². The number of fused-ring (bicyclic) bond motifs is 2. The number of hydrogen-bond acceptors (Lipinski definition) is 9. The molecule has 1 aliphatic heterocycles. The van der Waals surface area contributed by atoms with Crippen molar-refractivity contribution < 1.29 is 13.9 Å². The molecule has 36 heavy (non-hydrogen) atoms. The van der Waals surface area contributed by atoms with Crippen LogP contribution in [0, 0.1) is 5.82 Å². The molecule has 0 saturated carbocycles. The van der Waals surface area contributed by atoms with Gasteiger partial charge in [0.25, 0.3) is 0 Å². The van der Waals surface area contributed by atoms with Gasteiger partial charge in [-0.25, -0.2) is 24.3 Å². The average molecular weight is 484 g/mol. The molecule has 0 unspecified atom stereocenters. The number of aromatic nitrogens is 6. The number of anilines is 2. The van der Waals surface area contributed by atoms with E-state index in [2.05, 4.69) is 35.5 Å². The van der Waals surface area contributed by atoms with Gasteiger partial charge in [-0.05, 0) is 43.7 Å². The number of rotatable bonds is 6. The highest BCUT2D eigenvalue weighted by Crippen LogP contribution is 2.29. The van der Waals surface area contributed by atoms with Crippen molar-refractivity contribution >= 4 is 34.0 Å². The second-order valence-electron chi connectivity index (χ2n) is 9.05. The highest BCUT2D eigenvalue weighted by Gasteiger charge is 2.26. The van der Waals surface area contributed by atoms with Gasteiger partial charge in [-0.15, -0.1) is 10.2 Å². The van der Waals surface area contributed by atoms with Crippen LogP contribution in [0.5, 0.6) is 11.6 Å². The molecule has 4 heterocycles. The molecule has 0 spiro atoms. The number of ether oxygens (including phenoxy) is 2. The minimum atomic E-state index is -0.554. The van der Waals surface area contributed by atoms with Gasteiger partial charge in [0.2, 0.25) is 5.88 Å². The molecule has 0 atom stereocenters. The summed E-state index contributed by atoms with van der Waals surface area (Å²) in [6.07, 6.45) is 5.06. The lowest BCUT2D eigenvalue weighted by Crippen LogP contribution is -2.17. The Morgan fingerprint density at radius 1 is 1.08 bits per heavy atom. The second-order valence-corrected chi connectivity index (χ2v) is 9.05. The molecule has 180 valence electrons. The summed E-state index contributed by atoms with van der Waals surface area (Å²) in [5.41, 5.74) is 2.63. The fourth-order valence-corrected chi connectivity index (χ4v) is 3.92. The van der Waals surface area contributed by atoms with Gasteiger partial charge in [0.05, 0.1) is 11.1 Å². The molecule has 10 nitrogen and oxygen atoms in total. The van der Waals surface area contributed by atoms with Crippen molar-refractivity contribution in [1.82, 2.24) is 29.5 Å². The van der Waals surface area contributed by atoms with Crippen molar-refractivity contribution in [3.8, 4) is 11.6 Å². The largest absolute Gasteiger partial charge is 0.478 e. The van der Waals surface area contributed by atoms with Crippen molar-refractivity contribution in [3.05, 3.63) is 72.8 Å². The molecular weight excluding hydrogens is 463 g/mol. The fourth-order valence-electron chi connectivity index (χ4n) is 3.92. The zero-order valence-corrected chi connectivity index (χ0v) is 19.5. The summed E-state index contributed by atoms with van der Waals surface area (Å²) in [5.74, 6) is 0.960. The van der Waals surface area contributed by atoms with Crippen LogP contribution < -0.4 is 10.1 Å². The van der Waals surface area contributed by atoms with Crippen LogP contribution in [0.25, 0.3) is 16.6 Å². The molecular formula is C25H21FN8O2. The third-order valence-electron chi connectivity index (χ3n) is 5.65.